The highest BCUT2D eigenvalue weighted by Crippen LogP contribution is 2.23. The molecule has 4 N–H and O–H groups in total. The van der Waals surface area contributed by atoms with Gasteiger partial charge in [0.1, 0.15) is 24.3 Å². The van der Waals surface area contributed by atoms with Crippen molar-refractivity contribution in [1.29, 1.82) is 0 Å². The van der Waals surface area contributed by atoms with Crippen molar-refractivity contribution in [2.45, 2.75) is 24.7 Å². The predicted molar refractivity (Wildman–Crippen MR) is 137 cm³/mol. The average Bonchev–Trinajstić information content (AvgIpc) is 2.93. The lowest BCUT2D eigenvalue weighted by molar-refractivity contribution is -0.199. The van der Waals surface area contributed by atoms with Crippen molar-refractivity contribution in [2.24, 2.45) is 0 Å². The molecule has 214 valence electrons. The Morgan fingerprint density at radius 3 is 2.30 bits per heavy atom. The first-order chi connectivity index (χ1) is 19.0. The molecule has 2 amide bonds. The number of halogens is 4. The second-order valence-electron chi connectivity index (χ2n) is 8.55. The van der Waals surface area contributed by atoms with Crippen LogP contribution in [0, 0.1) is 5.82 Å². The van der Waals surface area contributed by atoms with Gasteiger partial charge in [-0.3, -0.25) is 0 Å². The molecule has 13 heteroatoms. The standard InChI is InChI=1S/C27H27F4N3O6/c28-19-5-4-6-22(14-19)34(40-25(37)27(29,30)31)26(38)33-20-11-9-18(10-12-20)13-21(16-35)32-15-23(36)17-39-24-7-2-1-3-8-24/h1-12,14,21,23,32,35-36H,13,15-17H2,(H,33,38)/t21-,23-/m0/s1. The molecule has 40 heavy (non-hydrogen) atoms. The fourth-order valence-electron chi connectivity index (χ4n) is 3.40. The zero-order valence-electron chi connectivity index (χ0n) is 21.0. The fraction of sp³-hybridized carbons (Fsp3) is 0.259. The number of hydrogen-bond donors (Lipinski definition) is 4. The number of urea groups is 1. The third-order valence-electron chi connectivity index (χ3n) is 5.37. The van der Waals surface area contributed by atoms with Crippen molar-refractivity contribution < 1.29 is 46.9 Å². The zero-order chi connectivity index (χ0) is 29.1. The summed E-state index contributed by atoms with van der Waals surface area (Å²) in [5, 5.41) is 25.2. The van der Waals surface area contributed by atoms with E-state index in [0.717, 1.165) is 29.8 Å². The number of anilines is 2. The third kappa shape index (κ3) is 9.52. The Kier molecular flexibility index (Phi) is 10.8. The van der Waals surface area contributed by atoms with E-state index in [1.54, 1.807) is 24.3 Å². The molecular formula is C27H27F4N3O6. The summed E-state index contributed by atoms with van der Waals surface area (Å²) < 4.78 is 57.3. The average molecular weight is 566 g/mol. The zero-order valence-corrected chi connectivity index (χ0v) is 21.0. The first-order valence-electron chi connectivity index (χ1n) is 12.0. The summed E-state index contributed by atoms with van der Waals surface area (Å²) >= 11 is 0. The summed E-state index contributed by atoms with van der Waals surface area (Å²) in [4.78, 5) is 28.2. The second kappa shape index (κ2) is 14.3. The van der Waals surface area contributed by atoms with Crippen molar-refractivity contribution in [1.82, 2.24) is 5.32 Å². The minimum atomic E-state index is -5.39. The molecule has 3 aromatic rings. The smallest absolute Gasteiger partial charge is 0.491 e. The highest BCUT2D eigenvalue weighted by Gasteiger charge is 2.43. The number of nitrogens with zero attached hydrogens (tertiary/aromatic N) is 1. The molecule has 0 aliphatic heterocycles. The first kappa shape index (κ1) is 30.3. The van der Waals surface area contributed by atoms with Gasteiger partial charge >= 0.3 is 18.2 Å². The van der Waals surface area contributed by atoms with E-state index < -0.39 is 41.8 Å². The Balaban J connectivity index is 1.56. The summed E-state index contributed by atoms with van der Waals surface area (Å²) in [5.41, 5.74) is 0.421. The topological polar surface area (TPSA) is 120 Å². The van der Waals surface area contributed by atoms with Crippen LogP contribution >= 0.6 is 0 Å². The van der Waals surface area contributed by atoms with Gasteiger partial charge in [0, 0.05) is 24.3 Å². The maximum Gasteiger partial charge on any atom is 0.493 e. The van der Waals surface area contributed by atoms with E-state index in [9.17, 15) is 37.4 Å². The Labute approximate surface area is 226 Å². The first-order valence-corrected chi connectivity index (χ1v) is 12.0. The van der Waals surface area contributed by atoms with E-state index in [1.165, 1.54) is 12.1 Å². The van der Waals surface area contributed by atoms with E-state index in [1.807, 2.05) is 18.2 Å². The van der Waals surface area contributed by atoms with Crippen LogP contribution in [0.4, 0.5) is 33.7 Å². The molecule has 0 aliphatic rings. The summed E-state index contributed by atoms with van der Waals surface area (Å²) in [7, 11) is 0. The lowest BCUT2D eigenvalue weighted by Gasteiger charge is -2.22. The number of amides is 2. The van der Waals surface area contributed by atoms with Crippen LogP contribution in [0.3, 0.4) is 0 Å². The normalized spacial score (nSPS) is 12.8. The molecule has 0 radical (unpaired) electrons. The number of carbonyl (C=O) groups excluding carboxylic acids is 2. The van der Waals surface area contributed by atoms with Gasteiger partial charge in [-0.25, -0.2) is 14.0 Å². The van der Waals surface area contributed by atoms with E-state index in [-0.39, 0.29) is 30.5 Å². The molecule has 0 heterocycles. The number of hydroxylamine groups is 1. The molecular weight excluding hydrogens is 538 g/mol. The van der Waals surface area contributed by atoms with Crippen LogP contribution in [0.25, 0.3) is 0 Å². The van der Waals surface area contributed by atoms with E-state index in [4.69, 9.17) is 4.74 Å². The lowest BCUT2D eigenvalue weighted by Crippen LogP contribution is -2.41. The number of alkyl halides is 3. The molecule has 0 spiro atoms. The number of aliphatic hydroxyl groups is 2. The van der Waals surface area contributed by atoms with Gasteiger partial charge in [-0.15, -0.1) is 5.06 Å². The van der Waals surface area contributed by atoms with Gasteiger partial charge in [0.25, 0.3) is 0 Å². The van der Waals surface area contributed by atoms with Gasteiger partial charge in [-0.1, -0.05) is 36.4 Å². The number of para-hydroxylation sites is 1. The van der Waals surface area contributed by atoms with E-state index in [0.29, 0.717) is 12.2 Å². The minimum absolute atomic E-state index is 0.00530. The fourth-order valence-corrected chi connectivity index (χ4v) is 3.40. The number of ether oxygens (including phenoxy) is 1. The van der Waals surface area contributed by atoms with E-state index >= 15 is 0 Å². The second-order valence-corrected chi connectivity index (χ2v) is 8.55. The molecule has 0 fully saturated rings. The monoisotopic (exact) mass is 565 g/mol. The van der Waals surface area contributed by atoms with Gasteiger partial charge in [-0.05, 0) is 48.4 Å². The molecule has 0 unspecified atom stereocenters. The summed E-state index contributed by atoms with van der Waals surface area (Å²) in [6.45, 7) is -0.0365. The van der Waals surface area contributed by atoms with Crippen LogP contribution < -0.4 is 20.4 Å². The van der Waals surface area contributed by atoms with Crippen LogP contribution in [-0.2, 0) is 16.1 Å². The van der Waals surface area contributed by atoms with Crippen LogP contribution in [0.2, 0.25) is 0 Å². The molecule has 0 saturated carbocycles. The van der Waals surface area contributed by atoms with Gasteiger partial charge < -0.3 is 30.4 Å². The van der Waals surface area contributed by atoms with Crippen LogP contribution in [-0.4, -0.2) is 60.3 Å². The minimum Gasteiger partial charge on any atom is -0.491 e. The molecule has 0 aromatic heterocycles. The Morgan fingerprint density at radius 1 is 0.975 bits per heavy atom. The van der Waals surface area contributed by atoms with Crippen molar-refractivity contribution in [3.8, 4) is 5.75 Å². The third-order valence-corrected chi connectivity index (χ3v) is 5.37. The van der Waals surface area contributed by atoms with Crippen molar-refractivity contribution in [3.63, 3.8) is 0 Å². The number of hydrogen-bond acceptors (Lipinski definition) is 7. The lowest BCUT2D eigenvalue weighted by atomic mass is 10.1. The molecule has 0 aliphatic carbocycles. The number of carbonyl (C=O) groups is 2. The van der Waals surface area contributed by atoms with Crippen molar-refractivity contribution in [2.75, 3.05) is 30.1 Å². The van der Waals surface area contributed by atoms with Crippen LogP contribution in [0.1, 0.15) is 5.56 Å². The predicted octanol–water partition coefficient (Wildman–Crippen LogP) is 3.82. The van der Waals surface area contributed by atoms with Crippen molar-refractivity contribution >= 4 is 23.4 Å². The maximum absolute atomic E-state index is 13.6. The Hall–Kier alpha value is -4.20. The van der Waals surface area contributed by atoms with Gasteiger partial charge in [-0.2, -0.15) is 13.2 Å². The molecule has 0 saturated heterocycles. The highest BCUT2D eigenvalue weighted by atomic mass is 19.4. The Morgan fingerprint density at radius 2 is 1.68 bits per heavy atom. The van der Waals surface area contributed by atoms with Crippen LogP contribution in [0.15, 0.2) is 78.9 Å². The molecule has 9 nitrogen and oxygen atoms in total. The SMILES string of the molecule is O=C(Nc1ccc(C[C@@H](CO)NC[C@H](O)COc2ccccc2)cc1)N(OC(=O)C(F)(F)F)c1cccc(F)c1. The molecule has 0 bridgehead atoms. The largest absolute Gasteiger partial charge is 0.493 e. The molecule has 2 atom stereocenters. The number of nitrogens with one attached hydrogen (secondary N) is 2. The maximum atomic E-state index is 13.6. The number of aliphatic hydroxyl groups excluding tert-OH is 2. The molecule has 3 rings (SSSR count). The summed E-state index contributed by atoms with van der Waals surface area (Å²) in [6.07, 6.45) is -5.88. The summed E-state index contributed by atoms with van der Waals surface area (Å²) in [6, 6.07) is 17.3. The van der Waals surface area contributed by atoms with Gasteiger partial charge in [0.15, 0.2) is 0 Å². The number of rotatable bonds is 11. The Bertz CT molecular complexity index is 1250. The number of benzene rings is 3. The quantitative estimate of drug-likeness (QED) is 0.206. The molecule has 3 aromatic carbocycles. The van der Waals surface area contributed by atoms with Crippen LogP contribution in [0.5, 0.6) is 5.75 Å². The van der Waals surface area contributed by atoms with Gasteiger partial charge in [0.2, 0.25) is 0 Å². The highest BCUT2D eigenvalue weighted by molar-refractivity contribution is 6.01. The van der Waals surface area contributed by atoms with E-state index in [2.05, 4.69) is 15.5 Å². The summed E-state index contributed by atoms with van der Waals surface area (Å²) in [5.74, 6) is -2.92. The van der Waals surface area contributed by atoms with Gasteiger partial charge in [0.05, 0.1) is 12.3 Å². The van der Waals surface area contributed by atoms with Crippen molar-refractivity contribution in [3.05, 3.63) is 90.2 Å².